The highest BCUT2D eigenvalue weighted by atomic mass is 35.5. The van der Waals surface area contributed by atoms with Crippen molar-refractivity contribution in [3.63, 3.8) is 0 Å². The molecular weight excluding hydrogens is 450 g/mol. The third-order valence-electron chi connectivity index (χ3n) is 5.91. The monoisotopic (exact) mass is 479 g/mol. The molecule has 0 bridgehead atoms. The Labute approximate surface area is 204 Å². The molecule has 5 rings (SSSR count). The van der Waals surface area contributed by atoms with E-state index in [4.69, 9.17) is 30.5 Å². The fraction of sp³-hybridized carbons (Fsp3) is 0.370. The first kappa shape index (κ1) is 23.0. The molecule has 1 aliphatic heterocycles. The van der Waals surface area contributed by atoms with Crippen molar-refractivity contribution < 1.29 is 13.9 Å². The standard InChI is InChI=1S/C27H30ClN3O3/c1-18(2)17-33-25-7-4-21(28)14-20(25)15-22-5-8-26(34-22)27-29-23-6-3-19(13-24(23)30-27)16-31-9-11-32-12-10-31/h3-8,13-14,18H,9-12,15-17H2,1-2H3,(H,29,30). The van der Waals surface area contributed by atoms with E-state index in [2.05, 4.69) is 41.9 Å². The van der Waals surface area contributed by atoms with Crippen LogP contribution in [0.15, 0.2) is 52.9 Å². The minimum atomic E-state index is 0.446. The molecule has 1 fully saturated rings. The van der Waals surface area contributed by atoms with Crippen LogP contribution in [0.4, 0.5) is 0 Å². The molecule has 3 heterocycles. The van der Waals surface area contributed by atoms with E-state index in [0.717, 1.165) is 66.8 Å². The average Bonchev–Trinajstić information content (AvgIpc) is 3.46. The van der Waals surface area contributed by atoms with Gasteiger partial charge in [-0.05, 0) is 53.9 Å². The zero-order valence-electron chi connectivity index (χ0n) is 19.6. The van der Waals surface area contributed by atoms with E-state index >= 15 is 0 Å². The summed E-state index contributed by atoms with van der Waals surface area (Å²) >= 11 is 6.26. The molecule has 0 spiro atoms. The average molecular weight is 480 g/mol. The number of nitrogens with zero attached hydrogens (tertiary/aromatic N) is 2. The second-order valence-corrected chi connectivity index (χ2v) is 9.66. The van der Waals surface area contributed by atoms with Gasteiger partial charge in [0.15, 0.2) is 11.6 Å². The summed E-state index contributed by atoms with van der Waals surface area (Å²) in [6.07, 6.45) is 0.595. The molecule has 4 aromatic rings. The Morgan fingerprint density at radius 1 is 1.09 bits per heavy atom. The highest BCUT2D eigenvalue weighted by Crippen LogP contribution is 2.29. The second-order valence-electron chi connectivity index (χ2n) is 9.23. The van der Waals surface area contributed by atoms with Crippen LogP contribution in [0.2, 0.25) is 5.02 Å². The fourth-order valence-corrected chi connectivity index (χ4v) is 4.36. The van der Waals surface area contributed by atoms with Gasteiger partial charge in [-0.2, -0.15) is 0 Å². The molecule has 0 radical (unpaired) electrons. The molecule has 0 aliphatic carbocycles. The summed E-state index contributed by atoms with van der Waals surface area (Å²) in [6, 6.07) is 16.1. The van der Waals surface area contributed by atoms with Crippen molar-refractivity contribution in [2.75, 3.05) is 32.9 Å². The highest BCUT2D eigenvalue weighted by Gasteiger charge is 2.15. The van der Waals surface area contributed by atoms with Gasteiger partial charge in [0.1, 0.15) is 11.5 Å². The van der Waals surface area contributed by atoms with Gasteiger partial charge >= 0.3 is 0 Å². The number of fused-ring (bicyclic) bond motifs is 1. The van der Waals surface area contributed by atoms with E-state index in [9.17, 15) is 0 Å². The van der Waals surface area contributed by atoms with Crippen LogP contribution in [0.1, 0.15) is 30.7 Å². The largest absolute Gasteiger partial charge is 0.493 e. The van der Waals surface area contributed by atoms with Crippen molar-refractivity contribution in [3.8, 4) is 17.3 Å². The van der Waals surface area contributed by atoms with E-state index in [1.54, 1.807) is 0 Å². The highest BCUT2D eigenvalue weighted by molar-refractivity contribution is 6.30. The molecule has 6 nitrogen and oxygen atoms in total. The van der Waals surface area contributed by atoms with Crippen LogP contribution >= 0.6 is 11.6 Å². The first-order chi connectivity index (χ1) is 16.5. The van der Waals surface area contributed by atoms with Crippen LogP contribution in [-0.4, -0.2) is 47.8 Å². The SMILES string of the molecule is CC(C)COc1ccc(Cl)cc1Cc1ccc(-c2nc3ccc(CN4CCOCC4)cc3[nH]2)o1. The van der Waals surface area contributed by atoms with Gasteiger partial charge in [-0.1, -0.05) is 31.5 Å². The van der Waals surface area contributed by atoms with Crippen LogP contribution < -0.4 is 4.74 Å². The third kappa shape index (κ3) is 5.46. The minimum absolute atomic E-state index is 0.446. The Morgan fingerprint density at radius 3 is 2.76 bits per heavy atom. The number of halogens is 1. The molecular formula is C27H30ClN3O3. The van der Waals surface area contributed by atoms with Crippen LogP contribution in [0.5, 0.6) is 5.75 Å². The van der Waals surface area contributed by atoms with E-state index < -0.39 is 0 Å². The van der Waals surface area contributed by atoms with Gasteiger partial charge in [-0.3, -0.25) is 4.90 Å². The van der Waals surface area contributed by atoms with Gasteiger partial charge in [-0.25, -0.2) is 4.98 Å². The maximum absolute atomic E-state index is 6.26. The molecule has 0 unspecified atom stereocenters. The molecule has 1 N–H and O–H groups in total. The lowest BCUT2D eigenvalue weighted by Gasteiger charge is -2.26. The van der Waals surface area contributed by atoms with Crippen LogP contribution in [0.25, 0.3) is 22.6 Å². The van der Waals surface area contributed by atoms with Crippen LogP contribution in [0.3, 0.4) is 0 Å². The predicted molar refractivity (Wildman–Crippen MR) is 134 cm³/mol. The first-order valence-electron chi connectivity index (χ1n) is 11.8. The number of ether oxygens (including phenoxy) is 2. The molecule has 0 saturated carbocycles. The number of imidazole rings is 1. The number of benzene rings is 2. The lowest BCUT2D eigenvalue weighted by Crippen LogP contribution is -2.35. The van der Waals surface area contributed by atoms with Crippen LogP contribution in [0, 0.1) is 5.92 Å². The van der Waals surface area contributed by atoms with Crippen molar-refractivity contribution in [3.05, 3.63) is 70.4 Å². The van der Waals surface area contributed by atoms with Gasteiger partial charge in [-0.15, -0.1) is 0 Å². The number of H-pyrrole nitrogens is 1. The normalized spacial score (nSPS) is 14.8. The van der Waals surface area contributed by atoms with Crippen LogP contribution in [-0.2, 0) is 17.7 Å². The Bertz CT molecular complexity index is 1260. The van der Waals surface area contributed by atoms with Gasteiger partial charge in [0.05, 0.1) is 30.9 Å². The van der Waals surface area contributed by atoms with E-state index in [0.29, 0.717) is 29.7 Å². The maximum atomic E-state index is 6.26. The van der Waals surface area contributed by atoms with Gasteiger partial charge < -0.3 is 18.9 Å². The van der Waals surface area contributed by atoms with Crippen molar-refractivity contribution in [1.82, 2.24) is 14.9 Å². The zero-order valence-corrected chi connectivity index (χ0v) is 20.4. The summed E-state index contributed by atoms with van der Waals surface area (Å²) < 4.78 is 17.6. The Morgan fingerprint density at radius 2 is 1.94 bits per heavy atom. The predicted octanol–water partition coefficient (Wildman–Crippen LogP) is 5.93. The van der Waals surface area contributed by atoms with Crippen molar-refractivity contribution >= 4 is 22.6 Å². The Hall–Kier alpha value is -2.80. The lowest BCUT2D eigenvalue weighted by atomic mass is 10.1. The molecule has 2 aromatic heterocycles. The summed E-state index contributed by atoms with van der Waals surface area (Å²) in [5.41, 5.74) is 4.21. The number of aromatic nitrogens is 2. The number of furan rings is 1. The summed E-state index contributed by atoms with van der Waals surface area (Å²) in [5.74, 6) is 3.56. The minimum Gasteiger partial charge on any atom is -0.493 e. The first-order valence-corrected chi connectivity index (χ1v) is 12.2. The number of morpholine rings is 1. The number of nitrogens with one attached hydrogen (secondary N) is 1. The third-order valence-corrected chi connectivity index (χ3v) is 6.15. The summed E-state index contributed by atoms with van der Waals surface area (Å²) in [6.45, 7) is 9.39. The molecule has 0 amide bonds. The molecule has 1 aliphatic rings. The molecule has 0 atom stereocenters. The summed E-state index contributed by atoms with van der Waals surface area (Å²) in [5, 5.41) is 0.684. The van der Waals surface area contributed by atoms with Crippen molar-refractivity contribution in [2.24, 2.45) is 5.92 Å². The second kappa shape index (κ2) is 10.2. The van der Waals surface area contributed by atoms with Crippen molar-refractivity contribution in [2.45, 2.75) is 26.8 Å². The topological polar surface area (TPSA) is 63.5 Å². The molecule has 1 saturated heterocycles. The quantitative estimate of drug-likeness (QED) is 0.339. The van der Waals surface area contributed by atoms with E-state index in [-0.39, 0.29) is 0 Å². The summed E-state index contributed by atoms with van der Waals surface area (Å²) in [7, 11) is 0. The smallest absolute Gasteiger partial charge is 0.174 e. The summed E-state index contributed by atoms with van der Waals surface area (Å²) in [4.78, 5) is 10.6. The van der Waals surface area contributed by atoms with Crippen molar-refractivity contribution in [1.29, 1.82) is 0 Å². The lowest BCUT2D eigenvalue weighted by molar-refractivity contribution is 0.0342. The number of rotatable bonds is 8. The van der Waals surface area contributed by atoms with E-state index in [1.807, 2.05) is 30.3 Å². The molecule has 2 aromatic carbocycles. The number of hydrogen-bond donors (Lipinski definition) is 1. The molecule has 178 valence electrons. The Kier molecular flexibility index (Phi) is 6.90. The van der Waals surface area contributed by atoms with Gasteiger partial charge in [0, 0.05) is 36.6 Å². The number of aromatic amines is 1. The van der Waals surface area contributed by atoms with Gasteiger partial charge in [0.2, 0.25) is 0 Å². The van der Waals surface area contributed by atoms with Gasteiger partial charge in [0.25, 0.3) is 0 Å². The molecule has 34 heavy (non-hydrogen) atoms. The van der Waals surface area contributed by atoms with E-state index in [1.165, 1.54) is 5.56 Å². The number of hydrogen-bond acceptors (Lipinski definition) is 5. The zero-order chi connectivity index (χ0) is 23.5. The Balaban J connectivity index is 1.32. The molecule has 7 heteroatoms. The maximum Gasteiger partial charge on any atom is 0.174 e. The fourth-order valence-electron chi connectivity index (χ4n) is 4.16.